The van der Waals surface area contributed by atoms with Crippen molar-refractivity contribution in [3.8, 4) is 11.5 Å². The number of hydrogen-bond donors (Lipinski definition) is 1. The number of benzene rings is 1. The Bertz CT molecular complexity index is 669. The molecule has 120 valence electrons. The number of hydrogen-bond acceptors (Lipinski definition) is 4. The van der Waals surface area contributed by atoms with Gasteiger partial charge in [-0.25, -0.2) is 0 Å². The van der Waals surface area contributed by atoms with Gasteiger partial charge in [-0.05, 0) is 49.8 Å². The minimum absolute atomic E-state index is 0.206. The molecule has 1 amide bonds. The second kappa shape index (κ2) is 8.58. The lowest BCUT2D eigenvalue weighted by molar-refractivity contribution is -0.111. The highest BCUT2D eigenvalue weighted by atomic mass is 16.5. The van der Waals surface area contributed by atoms with E-state index in [1.807, 2.05) is 32.0 Å². The molecule has 1 aromatic carbocycles. The van der Waals surface area contributed by atoms with Crippen molar-refractivity contribution in [3.63, 3.8) is 0 Å². The van der Waals surface area contributed by atoms with E-state index >= 15 is 0 Å². The molecule has 0 bridgehead atoms. The molecule has 0 spiro atoms. The van der Waals surface area contributed by atoms with Crippen LogP contribution in [-0.2, 0) is 4.79 Å². The fourth-order valence-corrected chi connectivity index (χ4v) is 1.96. The van der Waals surface area contributed by atoms with E-state index in [4.69, 9.17) is 9.47 Å². The zero-order valence-electron chi connectivity index (χ0n) is 13.3. The van der Waals surface area contributed by atoms with Crippen molar-refractivity contribution in [2.75, 3.05) is 18.5 Å². The summed E-state index contributed by atoms with van der Waals surface area (Å²) in [5.41, 5.74) is 1.57. The van der Waals surface area contributed by atoms with Gasteiger partial charge in [0.2, 0.25) is 5.91 Å². The molecule has 1 N–H and O–H groups in total. The molecule has 0 saturated carbocycles. The topological polar surface area (TPSA) is 60.5 Å². The number of amides is 1. The lowest BCUT2D eigenvalue weighted by Crippen LogP contribution is -2.07. The highest BCUT2D eigenvalue weighted by molar-refractivity contribution is 6.01. The Morgan fingerprint density at radius 3 is 2.48 bits per heavy atom. The van der Waals surface area contributed by atoms with Crippen LogP contribution in [0.5, 0.6) is 11.5 Å². The van der Waals surface area contributed by atoms with E-state index in [-0.39, 0.29) is 5.91 Å². The molecule has 0 aliphatic heterocycles. The minimum atomic E-state index is -0.206. The van der Waals surface area contributed by atoms with Crippen LogP contribution in [0.25, 0.3) is 6.08 Å². The van der Waals surface area contributed by atoms with Gasteiger partial charge in [0, 0.05) is 24.2 Å². The predicted octanol–water partition coefficient (Wildman–Crippen LogP) is 3.53. The Morgan fingerprint density at radius 1 is 1.09 bits per heavy atom. The summed E-state index contributed by atoms with van der Waals surface area (Å²) in [5, 5.41) is 2.76. The number of rotatable bonds is 7. The molecule has 1 aromatic heterocycles. The van der Waals surface area contributed by atoms with E-state index in [2.05, 4.69) is 10.3 Å². The Morgan fingerprint density at radius 2 is 1.78 bits per heavy atom. The van der Waals surface area contributed by atoms with Gasteiger partial charge in [-0.3, -0.25) is 9.78 Å². The summed E-state index contributed by atoms with van der Waals surface area (Å²) < 4.78 is 11.1. The summed E-state index contributed by atoms with van der Waals surface area (Å²) in [6.07, 6.45) is 6.46. The predicted molar refractivity (Wildman–Crippen MR) is 90.7 cm³/mol. The fraction of sp³-hybridized carbons (Fsp3) is 0.222. The van der Waals surface area contributed by atoms with E-state index in [0.29, 0.717) is 30.4 Å². The molecule has 0 atom stereocenters. The van der Waals surface area contributed by atoms with E-state index < -0.39 is 0 Å². The fourth-order valence-electron chi connectivity index (χ4n) is 1.96. The number of nitrogens with one attached hydrogen (secondary N) is 1. The van der Waals surface area contributed by atoms with Crippen molar-refractivity contribution in [2.24, 2.45) is 0 Å². The zero-order valence-corrected chi connectivity index (χ0v) is 13.3. The van der Waals surface area contributed by atoms with E-state index in [1.54, 1.807) is 30.6 Å². The van der Waals surface area contributed by atoms with Crippen LogP contribution in [0.15, 0.2) is 48.8 Å². The van der Waals surface area contributed by atoms with Crippen LogP contribution in [-0.4, -0.2) is 24.1 Å². The molecule has 0 unspecified atom stereocenters. The molecule has 0 radical (unpaired) electrons. The molecule has 23 heavy (non-hydrogen) atoms. The first kappa shape index (κ1) is 16.5. The van der Waals surface area contributed by atoms with Crippen molar-refractivity contribution in [2.45, 2.75) is 13.8 Å². The SMILES string of the molecule is CCOc1ccc(/C=C/C(=O)Nc2ccncc2)cc1OCC. The number of aromatic nitrogens is 1. The molecule has 0 saturated heterocycles. The molecule has 0 aliphatic carbocycles. The Balaban J connectivity index is 2.06. The zero-order chi connectivity index (χ0) is 16.5. The maximum atomic E-state index is 11.9. The maximum absolute atomic E-state index is 11.9. The first-order valence-electron chi connectivity index (χ1n) is 7.51. The average molecular weight is 312 g/mol. The molecule has 2 aromatic rings. The molecule has 0 aliphatic rings. The number of carbonyl (C=O) groups is 1. The van der Waals surface area contributed by atoms with Gasteiger partial charge < -0.3 is 14.8 Å². The van der Waals surface area contributed by atoms with Gasteiger partial charge in [0.1, 0.15) is 0 Å². The largest absolute Gasteiger partial charge is 0.490 e. The number of anilines is 1. The van der Waals surface area contributed by atoms with Gasteiger partial charge in [-0.2, -0.15) is 0 Å². The number of ether oxygens (including phenoxy) is 2. The molecule has 1 heterocycles. The number of pyridine rings is 1. The Kier molecular flexibility index (Phi) is 6.17. The van der Waals surface area contributed by atoms with Gasteiger partial charge in [-0.15, -0.1) is 0 Å². The summed E-state index contributed by atoms with van der Waals surface area (Å²) >= 11 is 0. The molecule has 0 fully saturated rings. The lowest BCUT2D eigenvalue weighted by atomic mass is 10.2. The van der Waals surface area contributed by atoms with Crippen molar-refractivity contribution in [1.29, 1.82) is 0 Å². The normalized spacial score (nSPS) is 10.5. The summed E-state index contributed by atoms with van der Waals surface area (Å²) in [6.45, 7) is 4.97. The maximum Gasteiger partial charge on any atom is 0.248 e. The highest BCUT2D eigenvalue weighted by Crippen LogP contribution is 2.29. The molecule has 5 heteroatoms. The number of carbonyl (C=O) groups excluding carboxylic acids is 1. The van der Waals surface area contributed by atoms with Crippen LogP contribution in [0, 0.1) is 0 Å². The van der Waals surface area contributed by atoms with Gasteiger partial charge in [0.15, 0.2) is 11.5 Å². The van der Waals surface area contributed by atoms with Crippen LogP contribution in [0.2, 0.25) is 0 Å². The molecular formula is C18H20N2O3. The average Bonchev–Trinajstić information content (AvgIpc) is 2.56. The number of nitrogens with zero attached hydrogens (tertiary/aromatic N) is 1. The third-order valence-corrected chi connectivity index (χ3v) is 2.94. The first-order valence-corrected chi connectivity index (χ1v) is 7.51. The van der Waals surface area contributed by atoms with E-state index in [9.17, 15) is 4.79 Å². The molecular weight excluding hydrogens is 292 g/mol. The Labute approximate surface area is 136 Å². The van der Waals surface area contributed by atoms with Crippen LogP contribution < -0.4 is 14.8 Å². The third-order valence-electron chi connectivity index (χ3n) is 2.94. The quantitative estimate of drug-likeness (QED) is 0.795. The van der Waals surface area contributed by atoms with Crippen LogP contribution in [0.4, 0.5) is 5.69 Å². The standard InChI is InChI=1S/C18H20N2O3/c1-3-22-16-7-5-14(13-17(16)23-4-2)6-8-18(21)20-15-9-11-19-12-10-15/h5-13H,3-4H2,1-2H3,(H,19,20,21)/b8-6+. The second-order valence-electron chi connectivity index (χ2n) is 4.63. The summed E-state index contributed by atoms with van der Waals surface area (Å²) in [4.78, 5) is 15.8. The smallest absolute Gasteiger partial charge is 0.248 e. The lowest BCUT2D eigenvalue weighted by Gasteiger charge is -2.11. The van der Waals surface area contributed by atoms with Crippen LogP contribution in [0.3, 0.4) is 0 Å². The van der Waals surface area contributed by atoms with E-state index in [0.717, 1.165) is 5.56 Å². The summed E-state index contributed by atoms with van der Waals surface area (Å²) in [5.74, 6) is 1.17. The van der Waals surface area contributed by atoms with Gasteiger partial charge >= 0.3 is 0 Å². The summed E-state index contributed by atoms with van der Waals surface area (Å²) in [7, 11) is 0. The Hall–Kier alpha value is -2.82. The van der Waals surface area contributed by atoms with Crippen molar-refractivity contribution in [3.05, 3.63) is 54.4 Å². The van der Waals surface area contributed by atoms with Gasteiger partial charge in [-0.1, -0.05) is 6.07 Å². The first-order chi connectivity index (χ1) is 11.2. The van der Waals surface area contributed by atoms with Crippen molar-refractivity contribution in [1.82, 2.24) is 4.98 Å². The third kappa shape index (κ3) is 5.14. The van der Waals surface area contributed by atoms with Crippen molar-refractivity contribution >= 4 is 17.7 Å². The van der Waals surface area contributed by atoms with Gasteiger partial charge in [0.05, 0.1) is 13.2 Å². The molecule has 2 rings (SSSR count). The highest BCUT2D eigenvalue weighted by Gasteiger charge is 2.05. The monoisotopic (exact) mass is 312 g/mol. The molecule has 5 nitrogen and oxygen atoms in total. The van der Waals surface area contributed by atoms with Crippen LogP contribution in [0.1, 0.15) is 19.4 Å². The van der Waals surface area contributed by atoms with Gasteiger partial charge in [0.25, 0.3) is 0 Å². The summed E-state index contributed by atoms with van der Waals surface area (Å²) in [6, 6.07) is 9.04. The second-order valence-corrected chi connectivity index (χ2v) is 4.63. The van der Waals surface area contributed by atoms with E-state index in [1.165, 1.54) is 6.08 Å². The van der Waals surface area contributed by atoms with Crippen molar-refractivity contribution < 1.29 is 14.3 Å². The minimum Gasteiger partial charge on any atom is -0.490 e. The van der Waals surface area contributed by atoms with Crippen LogP contribution >= 0.6 is 0 Å².